The SMILES string of the molecule is Cc1cccc(C#Cc2cccc(OCc3ccc(-c4nnc(C(F)F)o4)cc3F)c2)c1. The van der Waals surface area contributed by atoms with Crippen LogP contribution >= 0.6 is 0 Å². The third-order valence-corrected chi connectivity index (χ3v) is 4.52. The molecule has 160 valence electrons. The van der Waals surface area contributed by atoms with Gasteiger partial charge in [-0.15, -0.1) is 10.2 Å². The van der Waals surface area contributed by atoms with Crippen molar-refractivity contribution in [2.75, 3.05) is 0 Å². The maximum atomic E-state index is 14.5. The van der Waals surface area contributed by atoms with E-state index in [0.717, 1.165) is 22.8 Å². The van der Waals surface area contributed by atoms with Crippen LogP contribution in [0.5, 0.6) is 5.75 Å². The summed E-state index contributed by atoms with van der Waals surface area (Å²) >= 11 is 0. The summed E-state index contributed by atoms with van der Waals surface area (Å²) in [6.45, 7) is 1.99. The van der Waals surface area contributed by atoms with E-state index < -0.39 is 18.1 Å². The predicted molar refractivity (Wildman–Crippen MR) is 113 cm³/mol. The van der Waals surface area contributed by atoms with Crippen LogP contribution in [0.2, 0.25) is 0 Å². The van der Waals surface area contributed by atoms with Crippen LogP contribution in [0, 0.1) is 24.6 Å². The average molecular weight is 434 g/mol. The standard InChI is InChI=1S/C25H17F3N2O2/c1-16-4-2-5-17(12-16)8-9-18-6-3-7-21(13-18)31-15-20-11-10-19(14-22(20)26)24-29-30-25(32-24)23(27)28/h2-7,10-14,23H,15H2,1H3. The number of hydrogen-bond donors (Lipinski definition) is 0. The normalized spacial score (nSPS) is 10.7. The van der Waals surface area contributed by atoms with Gasteiger partial charge in [-0.1, -0.05) is 36.1 Å². The van der Waals surface area contributed by atoms with E-state index in [0.29, 0.717) is 11.3 Å². The number of rotatable bonds is 5. The molecule has 0 unspecified atom stereocenters. The molecule has 0 saturated heterocycles. The van der Waals surface area contributed by atoms with E-state index in [-0.39, 0.29) is 18.1 Å². The van der Waals surface area contributed by atoms with Crippen molar-refractivity contribution in [3.8, 4) is 29.0 Å². The third-order valence-electron chi connectivity index (χ3n) is 4.52. The molecule has 0 saturated carbocycles. The summed E-state index contributed by atoms with van der Waals surface area (Å²) in [4.78, 5) is 0. The molecule has 1 heterocycles. The molecule has 7 heteroatoms. The topological polar surface area (TPSA) is 48.2 Å². The number of aryl methyl sites for hydroxylation is 1. The minimum Gasteiger partial charge on any atom is -0.489 e. The fourth-order valence-electron chi connectivity index (χ4n) is 2.93. The summed E-state index contributed by atoms with van der Waals surface area (Å²) < 4.78 is 50.2. The van der Waals surface area contributed by atoms with E-state index in [4.69, 9.17) is 9.15 Å². The molecule has 32 heavy (non-hydrogen) atoms. The Labute approximate surface area is 182 Å². The second kappa shape index (κ2) is 9.40. The van der Waals surface area contributed by atoms with Crippen molar-refractivity contribution >= 4 is 0 Å². The molecule has 0 aliphatic rings. The first-order valence-corrected chi connectivity index (χ1v) is 9.70. The maximum Gasteiger partial charge on any atom is 0.314 e. The molecular weight excluding hydrogens is 417 g/mol. The Kier molecular flexibility index (Phi) is 6.22. The van der Waals surface area contributed by atoms with Crippen LogP contribution in [-0.2, 0) is 6.61 Å². The molecule has 0 amide bonds. The first kappa shape index (κ1) is 21.2. The summed E-state index contributed by atoms with van der Waals surface area (Å²) in [5.41, 5.74) is 3.32. The van der Waals surface area contributed by atoms with E-state index in [9.17, 15) is 13.2 Å². The van der Waals surface area contributed by atoms with Gasteiger partial charge in [0.1, 0.15) is 18.2 Å². The van der Waals surface area contributed by atoms with Crippen LogP contribution in [0.3, 0.4) is 0 Å². The number of benzene rings is 3. The zero-order valence-electron chi connectivity index (χ0n) is 17.0. The number of hydrogen-bond acceptors (Lipinski definition) is 4. The molecule has 0 spiro atoms. The quantitative estimate of drug-likeness (QED) is 0.356. The largest absolute Gasteiger partial charge is 0.489 e. The number of alkyl halides is 2. The van der Waals surface area contributed by atoms with Gasteiger partial charge in [0.15, 0.2) is 0 Å². The van der Waals surface area contributed by atoms with Gasteiger partial charge in [0.05, 0.1) is 0 Å². The minimum absolute atomic E-state index is 0.0208. The van der Waals surface area contributed by atoms with E-state index in [2.05, 4.69) is 22.0 Å². The summed E-state index contributed by atoms with van der Waals surface area (Å²) in [5.74, 6) is 5.19. The van der Waals surface area contributed by atoms with Gasteiger partial charge >= 0.3 is 6.43 Å². The van der Waals surface area contributed by atoms with Crippen molar-refractivity contribution in [2.45, 2.75) is 20.0 Å². The molecule has 4 nitrogen and oxygen atoms in total. The number of nitrogens with zero attached hydrogens (tertiary/aromatic N) is 2. The van der Waals surface area contributed by atoms with Crippen molar-refractivity contribution in [1.82, 2.24) is 10.2 Å². The van der Waals surface area contributed by atoms with Crippen LogP contribution in [0.25, 0.3) is 11.5 Å². The van der Waals surface area contributed by atoms with Crippen LogP contribution in [0.1, 0.15) is 34.6 Å². The Balaban J connectivity index is 1.44. The molecular formula is C25H17F3N2O2. The molecule has 0 aliphatic heterocycles. The van der Waals surface area contributed by atoms with Crippen LogP contribution < -0.4 is 4.74 Å². The molecule has 4 aromatic rings. The zero-order valence-corrected chi connectivity index (χ0v) is 17.0. The highest BCUT2D eigenvalue weighted by molar-refractivity contribution is 5.53. The van der Waals surface area contributed by atoms with E-state index in [1.807, 2.05) is 43.3 Å². The maximum absolute atomic E-state index is 14.5. The van der Waals surface area contributed by atoms with Gasteiger partial charge in [-0.05, 0) is 55.0 Å². The number of ether oxygens (including phenoxy) is 1. The van der Waals surface area contributed by atoms with Crippen molar-refractivity contribution in [1.29, 1.82) is 0 Å². The fraction of sp³-hybridized carbons (Fsp3) is 0.120. The van der Waals surface area contributed by atoms with Crippen LogP contribution in [-0.4, -0.2) is 10.2 Å². The highest BCUT2D eigenvalue weighted by Gasteiger charge is 2.17. The zero-order chi connectivity index (χ0) is 22.5. The molecule has 0 bridgehead atoms. The van der Waals surface area contributed by atoms with E-state index >= 15 is 0 Å². The van der Waals surface area contributed by atoms with Crippen LogP contribution in [0.4, 0.5) is 13.2 Å². The Morgan fingerprint density at radius 2 is 1.69 bits per heavy atom. The number of aromatic nitrogens is 2. The summed E-state index contributed by atoms with van der Waals surface area (Å²) in [7, 11) is 0. The van der Waals surface area contributed by atoms with Gasteiger partial charge in [-0.3, -0.25) is 0 Å². The lowest BCUT2D eigenvalue weighted by Crippen LogP contribution is -1.99. The van der Waals surface area contributed by atoms with Gasteiger partial charge < -0.3 is 9.15 Å². The molecule has 3 aromatic carbocycles. The average Bonchev–Trinajstić information content (AvgIpc) is 3.28. The second-order valence-corrected chi connectivity index (χ2v) is 6.99. The van der Waals surface area contributed by atoms with Gasteiger partial charge in [-0.2, -0.15) is 8.78 Å². The summed E-state index contributed by atoms with van der Waals surface area (Å²) in [6, 6.07) is 19.3. The smallest absolute Gasteiger partial charge is 0.314 e. The molecule has 0 fully saturated rings. The van der Waals surface area contributed by atoms with Crippen LogP contribution in [0.15, 0.2) is 71.1 Å². The van der Waals surface area contributed by atoms with Gasteiger partial charge in [0.2, 0.25) is 5.89 Å². The lowest BCUT2D eigenvalue weighted by molar-refractivity contribution is 0.116. The Bertz CT molecular complexity index is 1310. The third kappa shape index (κ3) is 5.16. The summed E-state index contributed by atoms with van der Waals surface area (Å²) in [6.07, 6.45) is -2.88. The molecule has 0 radical (unpaired) electrons. The lowest BCUT2D eigenvalue weighted by Gasteiger charge is -2.08. The monoisotopic (exact) mass is 434 g/mol. The number of halogens is 3. The van der Waals surface area contributed by atoms with E-state index in [1.54, 1.807) is 12.1 Å². The molecule has 0 aliphatic carbocycles. The molecule has 1 aromatic heterocycles. The van der Waals surface area contributed by atoms with E-state index in [1.165, 1.54) is 12.1 Å². The first-order chi connectivity index (χ1) is 15.5. The van der Waals surface area contributed by atoms with Crippen molar-refractivity contribution in [3.05, 3.63) is 101 Å². The predicted octanol–water partition coefficient (Wildman–Crippen LogP) is 6.10. The van der Waals surface area contributed by atoms with Gasteiger partial charge in [0, 0.05) is 22.3 Å². The first-order valence-electron chi connectivity index (χ1n) is 9.70. The Morgan fingerprint density at radius 1 is 0.938 bits per heavy atom. The van der Waals surface area contributed by atoms with Crippen molar-refractivity contribution in [2.24, 2.45) is 0 Å². The Morgan fingerprint density at radius 3 is 2.38 bits per heavy atom. The summed E-state index contributed by atoms with van der Waals surface area (Å²) in [5, 5.41) is 6.76. The van der Waals surface area contributed by atoms with Crippen molar-refractivity contribution < 1.29 is 22.3 Å². The van der Waals surface area contributed by atoms with Gasteiger partial charge in [0.25, 0.3) is 5.89 Å². The second-order valence-electron chi connectivity index (χ2n) is 6.99. The molecule has 0 N–H and O–H groups in total. The van der Waals surface area contributed by atoms with Crippen molar-refractivity contribution in [3.63, 3.8) is 0 Å². The fourth-order valence-corrected chi connectivity index (χ4v) is 2.93. The minimum atomic E-state index is -2.88. The highest BCUT2D eigenvalue weighted by Crippen LogP contribution is 2.25. The lowest BCUT2D eigenvalue weighted by atomic mass is 10.1. The highest BCUT2D eigenvalue weighted by atomic mass is 19.3. The molecule has 4 rings (SSSR count). The van der Waals surface area contributed by atoms with Gasteiger partial charge in [-0.25, -0.2) is 4.39 Å². The molecule has 0 atom stereocenters. The Hall–Kier alpha value is -4.05.